The van der Waals surface area contributed by atoms with Crippen molar-refractivity contribution in [3.05, 3.63) is 41.5 Å². The van der Waals surface area contributed by atoms with Crippen molar-refractivity contribution in [2.24, 2.45) is 5.92 Å². The van der Waals surface area contributed by atoms with E-state index in [1.165, 1.54) is 0 Å². The van der Waals surface area contributed by atoms with Gasteiger partial charge in [-0.3, -0.25) is 4.79 Å². The molecule has 0 spiro atoms. The molecule has 1 unspecified atom stereocenters. The smallest absolute Gasteiger partial charge is 0.254 e. The molecule has 0 aromatic heterocycles. The van der Waals surface area contributed by atoms with Crippen molar-refractivity contribution >= 4 is 11.6 Å². The van der Waals surface area contributed by atoms with Gasteiger partial charge < -0.3 is 11.1 Å². The van der Waals surface area contributed by atoms with E-state index in [0.717, 1.165) is 31.4 Å². The molecule has 0 saturated carbocycles. The highest BCUT2D eigenvalue weighted by molar-refractivity contribution is 5.95. The number of hydrogen-bond acceptors (Lipinski definition) is 2. The number of carbonyl (C=O) groups excluding carboxylic acids is 1. The van der Waals surface area contributed by atoms with Gasteiger partial charge in [-0.05, 0) is 37.3 Å². The molecule has 1 aromatic carbocycles. The average Bonchev–Trinajstić information content (AvgIpc) is 2.41. The summed E-state index contributed by atoms with van der Waals surface area (Å²) in [4.78, 5) is 11.8. The first-order valence-electron chi connectivity index (χ1n) is 6.25. The minimum absolute atomic E-state index is 0.344. The van der Waals surface area contributed by atoms with Gasteiger partial charge in [-0.15, -0.1) is 0 Å². The topological polar surface area (TPSA) is 55.1 Å². The third-order valence-electron chi connectivity index (χ3n) is 3.24. The lowest BCUT2D eigenvalue weighted by atomic mass is 9.94. The van der Waals surface area contributed by atoms with Crippen molar-refractivity contribution in [1.29, 1.82) is 0 Å². The Hall–Kier alpha value is -1.91. The SMILES string of the molecule is Nc1cc(F)cc(C(=O)NCC2CC=CCC2)c1F. The molecular weight excluding hydrogens is 250 g/mol. The third kappa shape index (κ3) is 3.30. The Bertz CT molecular complexity index is 514. The molecule has 1 atom stereocenters. The molecule has 0 aliphatic heterocycles. The standard InChI is InChI=1S/C14H16F2N2O/c15-10-6-11(13(16)12(17)7-10)14(19)18-8-9-4-2-1-3-5-9/h1-2,6-7,9H,3-5,8,17H2,(H,18,19). The highest BCUT2D eigenvalue weighted by atomic mass is 19.1. The average molecular weight is 266 g/mol. The summed E-state index contributed by atoms with van der Waals surface area (Å²) in [6.45, 7) is 0.457. The Labute approximate surface area is 110 Å². The van der Waals surface area contributed by atoms with Gasteiger partial charge in [0.15, 0.2) is 5.82 Å². The van der Waals surface area contributed by atoms with Crippen LogP contribution in [0.2, 0.25) is 0 Å². The van der Waals surface area contributed by atoms with E-state index in [9.17, 15) is 13.6 Å². The number of hydrogen-bond donors (Lipinski definition) is 2. The van der Waals surface area contributed by atoms with Gasteiger partial charge in [-0.25, -0.2) is 8.78 Å². The van der Waals surface area contributed by atoms with Gasteiger partial charge in [0.1, 0.15) is 5.82 Å². The van der Waals surface area contributed by atoms with Crippen molar-refractivity contribution in [1.82, 2.24) is 5.32 Å². The molecule has 0 fully saturated rings. The zero-order valence-electron chi connectivity index (χ0n) is 10.5. The number of amides is 1. The number of nitrogens with one attached hydrogen (secondary N) is 1. The van der Waals surface area contributed by atoms with Crippen molar-refractivity contribution in [3.8, 4) is 0 Å². The first kappa shape index (κ1) is 13.5. The molecule has 3 N–H and O–H groups in total. The van der Waals surface area contributed by atoms with Gasteiger partial charge in [-0.2, -0.15) is 0 Å². The van der Waals surface area contributed by atoms with Crippen molar-refractivity contribution in [2.75, 3.05) is 12.3 Å². The lowest BCUT2D eigenvalue weighted by Crippen LogP contribution is -2.30. The van der Waals surface area contributed by atoms with E-state index in [-0.39, 0.29) is 11.3 Å². The van der Waals surface area contributed by atoms with E-state index in [0.29, 0.717) is 12.5 Å². The molecule has 19 heavy (non-hydrogen) atoms. The molecule has 102 valence electrons. The first-order chi connectivity index (χ1) is 9.08. The van der Waals surface area contributed by atoms with Crippen molar-refractivity contribution < 1.29 is 13.6 Å². The minimum atomic E-state index is -0.873. The Morgan fingerprint density at radius 1 is 1.37 bits per heavy atom. The fourth-order valence-corrected chi connectivity index (χ4v) is 2.15. The number of benzene rings is 1. The van der Waals surface area contributed by atoms with Crippen LogP contribution in [0, 0.1) is 17.6 Å². The predicted molar refractivity (Wildman–Crippen MR) is 69.6 cm³/mol. The highest BCUT2D eigenvalue weighted by Crippen LogP contribution is 2.19. The lowest BCUT2D eigenvalue weighted by molar-refractivity contribution is 0.0942. The summed E-state index contributed by atoms with van der Waals surface area (Å²) in [5.74, 6) is -1.87. The van der Waals surface area contributed by atoms with Crippen LogP contribution in [0.25, 0.3) is 0 Å². The van der Waals surface area contributed by atoms with Gasteiger partial charge >= 0.3 is 0 Å². The van der Waals surface area contributed by atoms with E-state index in [1.54, 1.807) is 0 Å². The maximum absolute atomic E-state index is 13.6. The van der Waals surface area contributed by atoms with Gasteiger partial charge in [-0.1, -0.05) is 12.2 Å². The van der Waals surface area contributed by atoms with Crippen LogP contribution in [0.1, 0.15) is 29.6 Å². The Morgan fingerprint density at radius 3 is 2.84 bits per heavy atom. The van der Waals surface area contributed by atoms with Crippen LogP contribution in [0.15, 0.2) is 24.3 Å². The van der Waals surface area contributed by atoms with Crippen LogP contribution in [-0.4, -0.2) is 12.5 Å². The molecule has 1 aliphatic carbocycles. The summed E-state index contributed by atoms with van der Waals surface area (Å²) in [6, 6.07) is 1.72. The normalized spacial score (nSPS) is 18.3. The second kappa shape index (κ2) is 5.82. The Morgan fingerprint density at radius 2 is 2.16 bits per heavy atom. The highest BCUT2D eigenvalue weighted by Gasteiger charge is 2.17. The monoisotopic (exact) mass is 266 g/mol. The summed E-state index contributed by atoms with van der Waals surface area (Å²) in [7, 11) is 0. The van der Waals surface area contributed by atoms with E-state index < -0.39 is 17.5 Å². The number of nitrogens with two attached hydrogens (primary N) is 1. The number of nitrogen functional groups attached to an aromatic ring is 1. The molecule has 0 bridgehead atoms. The minimum Gasteiger partial charge on any atom is -0.396 e. The second-order valence-corrected chi connectivity index (χ2v) is 4.72. The maximum Gasteiger partial charge on any atom is 0.254 e. The molecule has 2 rings (SSSR count). The van der Waals surface area contributed by atoms with Crippen molar-refractivity contribution in [2.45, 2.75) is 19.3 Å². The van der Waals surface area contributed by atoms with E-state index in [1.807, 2.05) is 0 Å². The largest absolute Gasteiger partial charge is 0.396 e. The molecule has 1 amide bonds. The van der Waals surface area contributed by atoms with E-state index in [4.69, 9.17) is 5.73 Å². The predicted octanol–water partition coefficient (Wildman–Crippen LogP) is 2.63. The quantitative estimate of drug-likeness (QED) is 0.652. The number of carbonyl (C=O) groups is 1. The van der Waals surface area contributed by atoms with Gasteiger partial charge in [0.05, 0.1) is 11.3 Å². The van der Waals surface area contributed by atoms with Gasteiger partial charge in [0, 0.05) is 6.54 Å². The first-order valence-corrected chi connectivity index (χ1v) is 6.25. The van der Waals surface area contributed by atoms with E-state index >= 15 is 0 Å². The number of anilines is 1. The molecular formula is C14H16F2N2O. The van der Waals surface area contributed by atoms with Gasteiger partial charge in [0.25, 0.3) is 5.91 Å². The fraction of sp³-hybridized carbons (Fsp3) is 0.357. The van der Waals surface area contributed by atoms with Crippen LogP contribution < -0.4 is 11.1 Å². The molecule has 3 nitrogen and oxygen atoms in total. The number of allylic oxidation sites excluding steroid dienone is 2. The summed E-state index contributed by atoms with van der Waals surface area (Å²) in [6.07, 6.45) is 7.05. The van der Waals surface area contributed by atoms with Crippen LogP contribution in [0.3, 0.4) is 0 Å². The zero-order valence-corrected chi connectivity index (χ0v) is 10.5. The molecule has 1 aromatic rings. The third-order valence-corrected chi connectivity index (χ3v) is 3.24. The molecule has 0 saturated heterocycles. The van der Waals surface area contributed by atoms with Gasteiger partial charge in [0.2, 0.25) is 0 Å². The molecule has 1 aliphatic rings. The van der Waals surface area contributed by atoms with Crippen LogP contribution in [0.4, 0.5) is 14.5 Å². The maximum atomic E-state index is 13.6. The molecule has 0 radical (unpaired) electrons. The van der Waals surface area contributed by atoms with Crippen LogP contribution in [0.5, 0.6) is 0 Å². The van der Waals surface area contributed by atoms with Crippen LogP contribution >= 0.6 is 0 Å². The lowest BCUT2D eigenvalue weighted by Gasteiger charge is -2.18. The molecule has 5 heteroatoms. The molecule has 0 heterocycles. The number of halogens is 2. The number of rotatable bonds is 3. The second-order valence-electron chi connectivity index (χ2n) is 4.72. The van der Waals surface area contributed by atoms with Crippen LogP contribution in [-0.2, 0) is 0 Å². The van der Waals surface area contributed by atoms with Crippen molar-refractivity contribution in [3.63, 3.8) is 0 Å². The summed E-state index contributed by atoms with van der Waals surface area (Å²) in [5, 5.41) is 2.63. The fourth-order valence-electron chi connectivity index (χ4n) is 2.15. The summed E-state index contributed by atoms with van der Waals surface area (Å²) in [5.41, 5.74) is 4.59. The summed E-state index contributed by atoms with van der Waals surface area (Å²) < 4.78 is 26.8. The van der Waals surface area contributed by atoms with E-state index in [2.05, 4.69) is 17.5 Å². The zero-order chi connectivity index (χ0) is 13.8. The Kier molecular flexibility index (Phi) is 4.14. The summed E-state index contributed by atoms with van der Waals surface area (Å²) >= 11 is 0. The Balaban J connectivity index is 2.01.